The Kier molecular flexibility index (Phi) is 6.50. The molecule has 1 aromatic heterocycles. The molecule has 0 N–H and O–H groups in total. The smallest absolute Gasteiger partial charge is 0.160 e. The van der Waals surface area contributed by atoms with E-state index >= 15 is 0 Å². The molecule has 246 valence electrons. The van der Waals surface area contributed by atoms with Gasteiger partial charge >= 0.3 is 0 Å². The van der Waals surface area contributed by atoms with Gasteiger partial charge in [0.15, 0.2) is 5.82 Å². The largest absolute Gasteiger partial charge is 0.228 e. The van der Waals surface area contributed by atoms with Crippen molar-refractivity contribution in [2.45, 2.75) is 5.41 Å². The molecule has 0 radical (unpaired) electrons. The Balaban J connectivity index is 1.16. The van der Waals surface area contributed by atoms with Crippen LogP contribution in [0.5, 0.6) is 0 Å². The van der Waals surface area contributed by atoms with Gasteiger partial charge in [-0.15, -0.1) is 0 Å². The third-order valence-electron chi connectivity index (χ3n) is 11.3. The predicted octanol–water partition coefficient (Wildman–Crippen LogP) is 12.6. The first-order valence-corrected chi connectivity index (χ1v) is 18.2. The molecule has 9 aromatic rings. The fraction of sp³-hybridized carbons (Fsp3) is 0.0196. The Morgan fingerprint density at radius 2 is 0.811 bits per heavy atom. The van der Waals surface area contributed by atoms with E-state index in [0.29, 0.717) is 0 Å². The Morgan fingerprint density at radius 1 is 0.302 bits per heavy atom. The van der Waals surface area contributed by atoms with Gasteiger partial charge in [-0.2, -0.15) is 0 Å². The van der Waals surface area contributed by atoms with Crippen LogP contribution >= 0.6 is 0 Å². The van der Waals surface area contributed by atoms with E-state index in [2.05, 4.69) is 188 Å². The van der Waals surface area contributed by atoms with Gasteiger partial charge in [0.2, 0.25) is 0 Å². The minimum atomic E-state index is -0.598. The van der Waals surface area contributed by atoms with Gasteiger partial charge < -0.3 is 0 Å². The summed E-state index contributed by atoms with van der Waals surface area (Å²) in [7, 11) is 0. The van der Waals surface area contributed by atoms with Crippen molar-refractivity contribution < 1.29 is 0 Å². The van der Waals surface area contributed by atoms with E-state index in [4.69, 9.17) is 9.97 Å². The molecule has 2 aliphatic carbocycles. The summed E-state index contributed by atoms with van der Waals surface area (Å²) in [5.41, 5.74) is 16.9. The first-order chi connectivity index (χ1) is 26.3. The summed E-state index contributed by atoms with van der Waals surface area (Å²) in [6.07, 6.45) is 0. The van der Waals surface area contributed by atoms with Crippen molar-refractivity contribution in [3.63, 3.8) is 0 Å². The summed E-state index contributed by atoms with van der Waals surface area (Å²) in [4.78, 5) is 10.9. The molecule has 2 aliphatic rings. The molecule has 2 nitrogen and oxygen atoms in total. The van der Waals surface area contributed by atoms with Crippen molar-refractivity contribution in [3.8, 4) is 67.3 Å². The summed E-state index contributed by atoms with van der Waals surface area (Å²) in [6.45, 7) is 0. The number of nitrogens with zero attached hydrogens (tertiary/aromatic N) is 2. The molecule has 0 atom stereocenters. The Hall–Kier alpha value is -6.90. The zero-order valence-electron chi connectivity index (χ0n) is 28.9. The average molecular weight is 673 g/mol. The van der Waals surface area contributed by atoms with Crippen LogP contribution in [0.2, 0.25) is 0 Å². The van der Waals surface area contributed by atoms with E-state index in [1.165, 1.54) is 60.8 Å². The minimum Gasteiger partial charge on any atom is -0.228 e. The molecule has 53 heavy (non-hydrogen) atoms. The summed E-state index contributed by atoms with van der Waals surface area (Å²) in [5, 5.41) is 2.51. The Bertz CT molecular complexity index is 2830. The van der Waals surface area contributed by atoms with Crippen LogP contribution in [0, 0.1) is 0 Å². The molecule has 0 saturated carbocycles. The lowest BCUT2D eigenvalue weighted by Crippen LogP contribution is -2.27. The van der Waals surface area contributed by atoms with Crippen LogP contribution in [-0.4, -0.2) is 9.97 Å². The summed E-state index contributed by atoms with van der Waals surface area (Å²) in [5.74, 6) is 0.735. The van der Waals surface area contributed by atoms with Gasteiger partial charge in [-0.1, -0.05) is 182 Å². The fourth-order valence-corrected chi connectivity index (χ4v) is 8.93. The molecule has 0 bridgehead atoms. The molecule has 8 aromatic carbocycles. The molecule has 11 rings (SSSR count). The monoisotopic (exact) mass is 672 g/mol. The second-order valence-corrected chi connectivity index (χ2v) is 14.1. The average Bonchev–Trinajstić information content (AvgIpc) is 3.71. The van der Waals surface area contributed by atoms with Gasteiger partial charge in [-0.25, -0.2) is 9.97 Å². The van der Waals surface area contributed by atoms with E-state index < -0.39 is 5.41 Å². The fourth-order valence-electron chi connectivity index (χ4n) is 8.93. The van der Waals surface area contributed by atoms with Gasteiger partial charge in [-0.05, 0) is 73.0 Å². The standard InChI is InChI=1S/C51H32N2/c1-3-14-36(15-4-1)48-47-49(53-50(52-48)37-16-5-2-6-17-37)43-30-29-40(35-25-23-34(24-26-35)39-28-27-33-13-7-8-18-38(33)31-39)32-46(43)51(47)44-21-11-9-19-41(44)42-20-10-12-22-45(42)51/h1-32H. The summed E-state index contributed by atoms with van der Waals surface area (Å²) in [6, 6.07) is 70.2. The van der Waals surface area contributed by atoms with Crippen LogP contribution in [0.15, 0.2) is 194 Å². The van der Waals surface area contributed by atoms with Crippen molar-refractivity contribution in [1.29, 1.82) is 0 Å². The van der Waals surface area contributed by atoms with Crippen LogP contribution in [0.3, 0.4) is 0 Å². The molecule has 0 aliphatic heterocycles. The third-order valence-corrected chi connectivity index (χ3v) is 11.3. The zero-order valence-corrected chi connectivity index (χ0v) is 28.9. The number of aromatic nitrogens is 2. The zero-order chi connectivity index (χ0) is 34.9. The highest BCUT2D eigenvalue weighted by molar-refractivity contribution is 5.98. The lowest BCUT2D eigenvalue weighted by Gasteiger charge is -2.31. The quantitative estimate of drug-likeness (QED) is 0.186. The number of hydrogen-bond donors (Lipinski definition) is 0. The normalized spacial score (nSPS) is 13.1. The molecule has 1 spiro atoms. The van der Waals surface area contributed by atoms with Crippen LogP contribution < -0.4 is 0 Å². The maximum Gasteiger partial charge on any atom is 0.160 e. The molecule has 0 saturated heterocycles. The van der Waals surface area contributed by atoms with Gasteiger partial charge in [0.25, 0.3) is 0 Å². The van der Waals surface area contributed by atoms with Crippen molar-refractivity contribution in [2.24, 2.45) is 0 Å². The molecule has 0 fully saturated rings. The Morgan fingerprint density at radius 3 is 1.49 bits per heavy atom. The minimum absolute atomic E-state index is 0.598. The second-order valence-electron chi connectivity index (χ2n) is 14.1. The molecular formula is C51H32N2. The van der Waals surface area contributed by atoms with Gasteiger partial charge in [0, 0.05) is 22.3 Å². The first-order valence-electron chi connectivity index (χ1n) is 18.2. The summed E-state index contributed by atoms with van der Waals surface area (Å²) >= 11 is 0. The lowest BCUT2D eigenvalue weighted by atomic mass is 9.69. The van der Waals surface area contributed by atoms with E-state index in [-0.39, 0.29) is 0 Å². The molecule has 2 heteroatoms. The third kappa shape index (κ3) is 4.39. The lowest BCUT2D eigenvalue weighted by molar-refractivity contribution is 0.788. The maximum absolute atomic E-state index is 5.47. The molecule has 0 unspecified atom stereocenters. The van der Waals surface area contributed by atoms with Gasteiger partial charge in [0.1, 0.15) is 0 Å². The maximum atomic E-state index is 5.47. The van der Waals surface area contributed by atoms with Crippen LogP contribution in [0.25, 0.3) is 78.1 Å². The molecule has 0 amide bonds. The first kappa shape index (κ1) is 29.8. The highest BCUT2D eigenvalue weighted by Gasteiger charge is 2.54. The van der Waals surface area contributed by atoms with E-state index in [1.807, 2.05) is 6.07 Å². The number of rotatable bonds is 4. The number of benzene rings is 8. The SMILES string of the molecule is c1ccc(-c2nc(-c3ccccc3)c3c(n2)-c2ccc(-c4ccc(-c5ccc6ccccc6c5)cc4)cc2C32c3ccccc3-c3ccccc32)cc1. The van der Waals surface area contributed by atoms with Crippen molar-refractivity contribution in [1.82, 2.24) is 9.97 Å². The van der Waals surface area contributed by atoms with Crippen LogP contribution in [-0.2, 0) is 5.41 Å². The molecule has 1 heterocycles. The summed E-state index contributed by atoms with van der Waals surface area (Å²) < 4.78 is 0. The van der Waals surface area contributed by atoms with E-state index in [0.717, 1.165) is 39.5 Å². The van der Waals surface area contributed by atoms with Crippen molar-refractivity contribution >= 4 is 10.8 Å². The van der Waals surface area contributed by atoms with Crippen molar-refractivity contribution in [3.05, 3.63) is 216 Å². The second kappa shape index (κ2) is 11.6. The number of hydrogen-bond acceptors (Lipinski definition) is 2. The van der Waals surface area contributed by atoms with Gasteiger partial charge in [-0.3, -0.25) is 0 Å². The van der Waals surface area contributed by atoms with Crippen molar-refractivity contribution in [2.75, 3.05) is 0 Å². The van der Waals surface area contributed by atoms with Crippen LogP contribution in [0.4, 0.5) is 0 Å². The Labute approximate surface area is 308 Å². The highest BCUT2D eigenvalue weighted by Crippen LogP contribution is 2.64. The van der Waals surface area contributed by atoms with E-state index in [9.17, 15) is 0 Å². The topological polar surface area (TPSA) is 25.8 Å². The van der Waals surface area contributed by atoms with Crippen LogP contribution in [0.1, 0.15) is 22.3 Å². The highest BCUT2D eigenvalue weighted by atomic mass is 14.9. The number of fused-ring (bicyclic) bond motifs is 11. The predicted molar refractivity (Wildman–Crippen MR) is 218 cm³/mol. The molecular weight excluding hydrogens is 641 g/mol. The van der Waals surface area contributed by atoms with Gasteiger partial charge in [0.05, 0.1) is 16.8 Å². The van der Waals surface area contributed by atoms with E-state index in [1.54, 1.807) is 0 Å².